The van der Waals surface area contributed by atoms with Crippen LogP contribution in [0.1, 0.15) is 30.1 Å². The zero-order chi connectivity index (χ0) is 12.5. The fourth-order valence-electron chi connectivity index (χ4n) is 2.39. The average molecular weight is 243 g/mol. The van der Waals surface area contributed by atoms with Crippen LogP contribution >= 0.6 is 0 Å². The predicted octanol–water partition coefficient (Wildman–Crippen LogP) is 1.98. The molecule has 0 aromatic carbocycles. The fourth-order valence-corrected chi connectivity index (χ4v) is 2.39. The van der Waals surface area contributed by atoms with Crippen molar-refractivity contribution in [2.75, 3.05) is 0 Å². The zero-order valence-electron chi connectivity index (χ0n) is 9.76. The standard InChI is InChI=1S/C13H13N3O2/c17-13(18)8-4-3-6-9-11(8)16-12(15-9)10-5-1-2-7-14-10/h1-2,5,7-8H,3-4,6H2,(H,15,16)(H,17,18). The SMILES string of the molecule is O=C(O)C1CCCc2[nH]c(-c3ccccn3)nc21. The summed E-state index contributed by atoms with van der Waals surface area (Å²) < 4.78 is 0. The van der Waals surface area contributed by atoms with Crippen LogP contribution in [0, 0.1) is 0 Å². The molecule has 1 aliphatic carbocycles. The highest BCUT2D eigenvalue weighted by molar-refractivity contribution is 5.76. The summed E-state index contributed by atoms with van der Waals surface area (Å²) in [4.78, 5) is 23.0. The van der Waals surface area contributed by atoms with Gasteiger partial charge in [0.25, 0.3) is 0 Å². The molecule has 1 atom stereocenters. The lowest BCUT2D eigenvalue weighted by atomic mass is 9.90. The molecular weight excluding hydrogens is 230 g/mol. The third kappa shape index (κ3) is 1.77. The number of carbonyl (C=O) groups is 1. The van der Waals surface area contributed by atoms with Crippen molar-refractivity contribution in [2.24, 2.45) is 0 Å². The van der Waals surface area contributed by atoms with Crippen molar-refractivity contribution in [1.29, 1.82) is 0 Å². The third-order valence-corrected chi connectivity index (χ3v) is 3.27. The van der Waals surface area contributed by atoms with E-state index in [1.165, 1.54) is 0 Å². The first-order chi connectivity index (χ1) is 8.75. The maximum absolute atomic E-state index is 11.2. The molecule has 0 radical (unpaired) electrons. The Bertz CT molecular complexity index is 577. The van der Waals surface area contributed by atoms with Crippen molar-refractivity contribution in [3.63, 3.8) is 0 Å². The normalized spacial score (nSPS) is 18.3. The van der Waals surface area contributed by atoms with Crippen molar-refractivity contribution in [2.45, 2.75) is 25.2 Å². The van der Waals surface area contributed by atoms with E-state index in [4.69, 9.17) is 0 Å². The number of hydrogen-bond donors (Lipinski definition) is 2. The van der Waals surface area contributed by atoms with Crippen LogP contribution in [0.15, 0.2) is 24.4 Å². The monoisotopic (exact) mass is 243 g/mol. The molecule has 0 saturated carbocycles. The van der Waals surface area contributed by atoms with Gasteiger partial charge in [0.15, 0.2) is 5.82 Å². The van der Waals surface area contributed by atoms with Crippen molar-refractivity contribution >= 4 is 5.97 Å². The fraction of sp³-hybridized carbons (Fsp3) is 0.308. The Morgan fingerprint density at radius 2 is 2.33 bits per heavy atom. The topological polar surface area (TPSA) is 78.9 Å². The Kier molecular flexibility index (Phi) is 2.59. The summed E-state index contributed by atoms with van der Waals surface area (Å²) in [6, 6.07) is 5.59. The minimum atomic E-state index is -0.796. The number of hydrogen-bond acceptors (Lipinski definition) is 3. The highest BCUT2D eigenvalue weighted by Gasteiger charge is 2.29. The zero-order valence-corrected chi connectivity index (χ0v) is 9.76. The molecule has 2 heterocycles. The maximum atomic E-state index is 11.2. The van der Waals surface area contributed by atoms with Gasteiger partial charge in [-0.25, -0.2) is 4.98 Å². The Morgan fingerprint density at radius 1 is 1.44 bits per heavy atom. The molecule has 2 N–H and O–H groups in total. The number of fused-ring (bicyclic) bond motifs is 1. The number of H-pyrrole nitrogens is 1. The number of aromatic amines is 1. The first-order valence-electron chi connectivity index (χ1n) is 5.98. The lowest BCUT2D eigenvalue weighted by Crippen LogP contribution is -2.17. The van der Waals surface area contributed by atoms with E-state index in [1.807, 2.05) is 18.2 Å². The Morgan fingerprint density at radius 3 is 3.06 bits per heavy atom. The van der Waals surface area contributed by atoms with E-state index in [2.05, 4.69) is 15.0 Å². The van der Waals surface area contributed by atoms with Crippen LogP contribution in [0.3, 0.4) is 0 Å². The highest BCUT2D eigenvalue weighted by atomic mass is 16.4. The Balaban J connectivity index is 2.04. The number of nitrogens with zero attached hydrogens (tertiary/aromatic N) is 2. The van der Waals surface area contributed by atoms with Crippen molar-refractivity contribution in [1.82, 2.24) is 15.0 Å². The molecule has 5 heteroatoms. The van der Waals surface area contributed by atoms with Gasteiger partial charge in [0.2, 0.25) is 0 Å². The van der Waals surface area contributed by atoms with Gasteiger partial charge in [-0.2, -0.15) is 0 Å². The van der Waals surface area contributed by atoms with E-state index in [0.717, 1.165) is 24.2 Å². The minimum Gasteiger partial charge on any atom is -0.481 e. The number of rotatable bonds is 2. The van der Waals surface area contributed by atoms with Crippen molar-refractivity contribution in [3.05, 3.63) is 35.8 Å². The summed E-state index contributed by atoms with van der Waals surface area (Å²) in [6.07, 6.45) is 4.10. The first-order valence-corrected chi connectivity index (χ1v) is 5.98. The Hall–Kier alpha value is -2.17. The van der Waals surface area contributed by atoms with Gasteiger partial charge >= 0.3 is 5.97 Å². The molecule has 0 spiro atoms. The molecule has 0 amide bonds. The van der Waals surface area contributed by atoms with E-state index in [-0.39, 0.29) is 0 Å². The van der Waals surface area contributed by atoms with Crippen LogP contribution in [0.25, 0.3) is 11.5 Å². The number of carboxylic acid groups (broad SMARTS) is 1. The largest absolute Gasteiger partial charge is 0.481 e. The lowest BCUT2D eigenvalue weighted by molar-refractivity contribution is -0.139. The smallest absolute Gasteiger partial charge is 0.312 e. The Labute approximate surface area is 104 Å². The molecule has 2 aromatic heterocycles. The molecular formula is C13H13N3O2. The van der Waals surface area contributed by atoms with Gasteiger partial charge in [-0.3, -0.25) is 9.78 Å². The summed E-state index contributed by atoms with van der Waals surface area (Å²) >= 11 is 0. The molecule has 0 fully saturated rings. The number of imidazole rings is 1. The van der Waals surface area contributed by atoms with Crippen LogP contribution in [-0.4, -0.2) is 26.0 Å². The second-order valence-electron chi connectivity index (χ2n) is 4.45. The first kappa shape index (κ1) is 11.0. The summed E-state index contributed by atoms with van der Waals surface area (Å²) in [5.74, 6) is -0.619. The van der Waals surface area contributed by atoms with Gasteiger partial charge in [0, 0.05) is 11.9 Å². The van der Waals surface area contributed by atoms with Crippen LogP contribution in [0.4, 0.5) is 0 Å². The number of carboxylic acids is 1. The number of pyridine rings is 1. The van der Waals surface area contributed by atoms with Crippen molar-refractivity contribution < 1.29 is 9.90 Å². The molecule has 1 aliphatic rings. The van der Waals surface area contributed by atoms with Crippen molar-refractivity contribution in [3.8, 4) is 11.5 Å². The van der Waals surface area contributed by atoms with E-state index < -0.39 is 11.9 Å². The number of aromatic nitrogens is 3. The van der Waals surface area contributed by atoms with E-state index in [0.29, 0.717) is 17.9 Å². The van der Waals surface area contributed by atoms with Gasteiger partial charge in [0.05, 0.1) is 5.69 Å². The van der Waals surface area contributed by atoms with Crippen LogP contribution < -0.4 is 0 Å². The van der Waals surface area contributed by atoms with Gasteiger partial charge in [-0.15, -0.1) is 0 Å². The maximum Gasteiger partial charge on any atom is 0.312 e. The summed E-state index contributed by atoms with van der Waals surface area (Å²) in [6.45, 7) is 0. The van der Waals surface area contributed by atoms with Crippen LogP contribution in [0.2, 0.25) is 0 Å². The van der Waals surface area contributed by atoms with Gasteiger partial charge in [0.1, 0.15) is 11.6 Å². The summed E-state index contributed by atoms with van der Waals surface area (Å²) in [5, 5.41) is 9.20. The summed E-state index contributed by atoms with van der Waals surface area (Å²) in [5.41, 5.74) is 2.36. The number of aryl methyl sites for hydroxylation is 1. The lowest BCUT2D eigenvalue weighted by Gasteiger charge is -2.16. The molecule has 2 aromatic rings. The average Bonchev–Trinajstić information content (AvgIpc) is 2.83. The van der Waals surface area contributed by atoms with Gasteiger partial charge < -0.3 is 10.1 Å². The van der Waals surface area contributed by atoms with Gasteiger partial charge in [-0.1, -0.05) is 6.07 Å². The predicted molar refractivity (Wildman–Crippen MR) is 65.1 cm³/mol. The van der Waals surface area contributed by atoms with Gasteiger partial charge in [-0.05, 0) is 31.4 Å². The molecule has 18 heavy (non-hydrogen) atoms. The number of nitrogens with one attached hydrogen (secondary N) is 1. The van der Waals surface area contributed by atoms with Crippen LogP contribution in [0.5, 0.6) is 0 Å². The van der Waals surface area contributed by atoms with Crippen LogP contribution in [-0.2, 0) is 11.2 Å². The molecule has 0 saturated heterocycles. The molecule has 0 bridgehead atoms. The molecule has 92 valence electrons. The molecule has 3 rings (SSSR count). The highest BCUT2D eigenvalue weighted by Crippen LogP contribution is 2.31. The third-order valence-electron chi connectivity index (χ3n) is 3.27. The quantitative estimate of drug-likeness (QED) is 0.845. The second-order valence-corrected chi connectivity index (χ2v) is 4.45. The summed E-state index contributed by atoms with van der Waals surface area (Å²) in [7, 11) is 0. The molecule has 5 nitrogen and oxygen atoms in total. The van der Waals surface area contributed by atoms with E-state index in [9.17, 15) is 9.90 Å². The van der Waals surface area contributed by atoms with E-state index >= 15 is 0 Å². The molecule has 1 unspecified atom stereocenters. The van der Waals surface area contributed by atoms with E-state index in [1.54, 1.807) is 6.20 Å². The minimum absolute atomic E-state index is 0.484. The number of aliphatic carboxylic acids is 1. The second kappa shape index (κ2) is 4.25. The molecule has 0 aliphatic heterocycles.